The molecule has 1 amide bonds. The second kappa shape index (κ2) is 8.96. The molecule has 8 nitrogen and oxygen atoms in total. The quantitative estimate of drug-likeness (QED) is 0.469. The maximum atomic E-state index is 14.0. The average molecular weight is 476 g/mol. The van der Waals surface area contributed by atoms with Crippen molar-refractivity contribution >= 4 is 44.7 Å². The molecule has 0 radical (unpaired) electrons. The summed E-state index contributed by atoms with van der Waals surface area (Å²) in [6, 6.07) is 6.52. The fraction of sp³-hybridized carbons (Fsp3) is 0.440. The van der Waals surface area contributed by atoms with E-state index in [4.69, 9.17) is 0 Å². The van der Waals surface area contributed by atoms with Crippen LogP contribution in [-0.4, -0.2) is 67.3 Å². The highest BCUT2D eigenvalue weighted by Crippen LogP contribution is 2.34. The van der Waals surface area contributed by atoms with Gasteiger partial charge in [0.25, 0.3) is 5.91 Å². The van der Waals surface area contributed by atoms with E-state index in [1.54, 1.807) is 6.33 Å². The van der Waals surface area contributed by atoms with Crippen molar-refractivity contribution in [2.75, 3.05) is 31.5 Å². The van der Waals surface area contributed by atoms with Crippen molar-refractivity contribution in [3.05, 3.63) is 47.4 Å². The van der Waals surface area contributed by atoms with E-state index in [9.17, 15) is 4.79 Å². The first kappa shape index (κ1) is 21.5. The molecule has 0 saturated carbocycles. The van der Waals surface area contributed by atoms with Gasteiger partial charge in [0, 0.05) is 30.7 Å². The number of rotatable bonds is 4. The zero-order chi connectivity index (χ0) is 23.1. The minimum Gasteiger partial charge on any atom is -0.338 e. The topological polar surface area (TPSA) is 78.7 Å². The summed E-state index contributed by atoms with van der Waals surface area (Å²) in [6.07, 6.45) is 9.53. The Kier molecular flexibility index (Phi) is 5.66. The summed E-state index contributed by atoms with van der Waals surface area (Å²) in [5.74, 6) is 0.679. The summed E-state index contributed by atoms with van der Waals surface area (Å²) >= 11 is 1.53. The van der Waals surface area contributed by atoms with Gasteiger partial charge in [-0.25, -0.2) is 15.0 Å². The number of likely N-dealkylation sites (tertiary alicyclic amines) is 2. The van der Waals surface area contributed by atoms with Crippen molar-refractivity contribution in [1.82, 2.24) is 29.2 Å². The molecule has 2 saturated heterocycles. The molecule has 1 N–H and O–H groups in total. The number of piperidine rings is 2. The van der Waals surface area contributed by atoms with Crippen molar-refractivity contribution in [3.8, 4) is 0 Å². The Balaban J connectivity index is 1.35. The van der Waals surface area contributed by atoms with Gasteiger partial charge in [0.1, 0.15) is 12.1 Å². The first-order chi connectivity index (χ1) is 16.7. The second-order valence-corrected chi connectivity index (χ2v) is 10.1. The molecule has 4 aromatic heterocycles. The molecule has 2 aliphatic heterocycles. The Labute approximate surface area is 202 Å². The van der Waals surface area contributed by atoms with Crippen molar-refractivity contribution in [2.45, 2.75) is 45.1 Å². The normalized spacial score (nSPS) is 18.1. The highest BCUT2D eigenvalue weighted by molar-refractivity contribution is 7.13. The van der Waals surface area contributed by atoms with Gasteiger partial charge in [-0.1, -0.05) is 12.5 Å². The third kappa shape index (κ3) is 3.82. The molecule has 9 heteroatoms. The van der Waals surface area contributed by atoms with Gasteiger partial charge in [-0.3, -0.25) is 4.79 Å². The molecule has 0 unspecified atom stereocenters. The van der Waals surface area contributed by atoms with Crippen LogP contribution in [0.4, 0.5) is 10.9 Å². The van der Waals surface area contributed by atoms with E-state index in [2.05, 4.69) is 25.2 Å². The molecule has 4 aromatic rings. The van der Waals surface area contributed by atoms with E-state index >= 15 is 0 Å². The van der Waals surface area contributed by atoms with Gasteiger partial charge in [-0.05, 0) is 57.8 Å². The van der Waals surface area contributed by atoms with Gasteiger partial charge in [0.15, 0.2) is 10.8 Å². The van der Waals surface area contributed by atoms with Gasteiger partial charge >= 0.3 is 0 Å². The molecule has 0 aromatic carbocycles. The molecule has 2 fully saturated rings. The first-order valence-corrected chi connectivity index (χ1v) is 13.0. The average Bonchev–Trinajstić information content (AvgIpc) is 3.45. The van der Waals surface area contributed by atoms with Crippen molar-refractivity contribution in [1.29, 1.82) is 0 Å². The fourth-order valence-corrected chi connectivity index (χ4v) is 6.14. The lowest BCUT2D eigenvalue weighted by atomic mass is 9.99. The maximum Gasteiger partial charge on any atom is 0.256 e. The van der Waals surface area contributed by atoms with Crippen LogP contribution in [0.15, 0.2) is 36.1 Å². The zero-order valence-corrected chi connectivity index (χ0v) is 20.2. The third-order valence-corrected chi connectivity index (χ3v) is 8.01. The van der Waals surface area contributed by atoms with E-state index < -0.39 is 0 Å². The number of anilines is 2. The van der Waals surface area contributed by atoms with Gasteiger partial charge in [0.05, 0.1) is 22.2 Å². The number of thiazole rings is 1. The Morgan fingerprint density at radius 2 is 1.91 bits per heavy atom. The number of hydrogen-bond acceptors (Lipinski definition) is 7. The Morgan fingerprint density at radius 1 is 1.09 bits per heavy atom. The summed E-state index contributed by atoms with van der Waals surface area (Å²) in [5, 5.41) is 6.85. The number of hydrogen-bond donors (Lipinski definition) is 1. The molecule has 0 bridgehead atoms. The van der Waals surface area contributed by atoms with Crippen LogP contribution in [-0.2, 0) is 0 Å². The van der Waals surface area contributed by atoms with Crippen LogP contribution < -0.4 is 5.32 Å². The molecule has 176 valence electrons. The fourth-order valence-electron chi connectivity index (χ4n) is 5.45. The lowest BCUT2D eigenvalue weighted by molar-refractivity contribution is 0.0593. The summed E-state index contributed by atoms with van der Waals surface area (Å²) in [4.78, 5) is 32.2. The van der Waals surface area contributed by atoms with Crippen LogP contribution in [0, 0.1) is 6.92 Å². The number of aryl methyl sites for hydroxylation is 1. The Hall–Kier alpha value is -3.04. The molecule has 0 atom stereocenters. The Bertz CT molecular complexity index is 1330. The predicted molar refractivity (Wildman–Crippen MR) is 135 cm³/mol. The van der Waals surface area contributed by atoms with Crippen LogP contribution in [0.3, 0.4) is 0 Å². The number of carbonyl (C=O) groups excluding carboxylic acids is 1. The van der Waals surface area contributed by atoms with Gasteiger partial charge in [-0.2, -0.15) is 0 Å². The monoisotopic (exact) mass is 475 g/mol. The molecule has 6 heterocycles. The molecule has 2 aliphatic rings. The molecule has 0 aliphatic carbocycles. The SMILES string of the molecule is Cc1csc(Nc2ncnc3c2c(C(=O)N2CCC(N4CCCCC4)CC2)c2ccccn23)n1. The highest BCUT2D eigenvalue weighted by atomic mass is 32.1. The number of nitrogens with zero attached hydrogens (tertiary/aromatic N) is 6. The van der Waals surface area contributed by atoms with Crippen LogP contribution in [0.2, 0.25) is 0 Å². The Morgan fingerprint density at radius 3 is 2.68 bits per heavy atom. The van der Waals surface area contributed by atoms with Crippen LogP contribution in [0.25, 0.3) is 16.6 Å². The molecular formula is C25H29N7OS. The van der Waals surface area contributed by atoms with Gasteiger partial charge in [-0.15, -0.1) is 11.3 Å². The van der Waals surface area contributed by atoms with Crippen LogP contribution >= 0.6 is 11.3 Å². The van der Waals surface area contributed by atoms with Gasteiger partial charge < -0.3 is 19.5 Å². The molecule has 6 rings (SSSR count). The minimum atomic E-state index is 0.0592. The van der Waals surface area contributed by atoms with Crippen molar-refractivity contribution in [2.24, 2.45) is 0 Å². The summed E-state index contributed by atoms with van der Waals surface area (Å²) < 4.78 is 1.99. The number of aromatic nitrogens is 4. The summed E-state index contributed by atoms with van der Waals surface area (Å²) in [5.41, 5.74) is 3.21. The smallest absolute Gasteiger partial charge is 0.256 e. The first-order valence-electron chi connectivity index (χ1n) is 12.2. The van der Waals surface area contributed by atoms with Gasteiger partial charge in [0.2, 0.25) is 0 Å². The van der Waals surface area contributed by atoms with E-state index in [1.165, 1.54) is 43.7 Å². The standard InChI is InChI=1S/C25H29N7OS/c1-17-15-34-25(28-17)29-22-21-20(19-7-3-6-12-32(19)23(21)27-16-26-22)24(33)31-13-8-18(9-14-31)30-10-4-2-5-11-30/h3,6-7,12,15-16,18H,2,4-5,8-11,13-14H2,1H3,(H,26,27,28,29). The maximum absolute atomic E-state index is 14.0. The highest BCUT2D eigenvalue weighted by Gasteiger charge is 2.31. The van der Waals surface area contributed by atoms with E-state index in [-0.39, 0.29) is 5.91 Å². The van der Waals surface area contributed by atoms with E-state index in [0.717, 1.165) is 53.3 Å². The molecule has 0 spiro atoms. The lowest BCUT2D eigenvalue weighted by Gasteiger charge is -2.40. The zero-order valence-electron chi connectivity index (χ0n) is 19.4. The number of fused-ring (bicyclic) bond motifs is 3. The minimum absolute atomic E-state index is 0.0592. The van der Waals surface area contributed by atoms with Crippen molar-refractivity contribution in [3.63, 3.8) is 0 Å². The molecular weight excluding hydrogens is 446 g/mol. The largest absolute Gasteiger partial charge is 0.338 e. The number of nitrogens with one attached hydrogen (secondary N) is 1. The predicted octanol–water partition coefficient (Wildman–Crippen LogP) is 4.48. The number of carbonyl (C=O) groups is 1. The molecule has 34 heavy (non-hydrogen) atoms. The number of pyridine rings is 1. The van der Waals surface area contributed by atoms with E-state index in [0.29, 0.717) is 17.4 Å². The summed E-state index contributed by atoms with van der Waals surface area (Å²) in [7, 11) is 0. The van der Waals surface area contributed by atoms with Crippen LogP contribution in [0.5, 0.6) is 0 Å². The van der Waals surface area contributed by atoms with E-state index in [1.807, 2.05) is 46.0 Å². The number of amides is 1. The second-order valence-electron chi connectivity index (χ2n) is 9.29. The lowest BCUT2D eigenvalue weighted by Crippen LogP contribution is -2.48. The third-order valence-electron chi connectivity index (χ3n) is 7.14. The van der Waals surface area contributed by atoms with Crippen molar-refractivity contribution < 1.29 is 4.79 Å². The van der Waals surface area contributed by atoms with Crippen LogP contribution in [0.1, 0.15) is 48.2 Å². The summed E-state index contributed by atoms with van der Waals surface area (Å²) in [6.45, 7) is 5.94.